The highest BCUT2D eigenvalue weighted by Crippen LogP contribution is 2.24. The molecule has 0 radical (unpaired) electrons. The van der Waals surface area contributed by atoms with Crippen LogP contribution in [0.1, 0.15) is 26.7 Å². The van der Waals surface area contributed by atoms with E-state index in [-0.39, 0.29) is 11.9 Å². The summed E-state index contributed by atoms with van der Waals surface area (Å²) in [7, 11) is 1.92. The first-order valence-corrected chi connectivity index (χ1v) is 7.07. The van der Waals surface area contributed by atoms with Crippen molar-refractivity contribution in [3.8, 4) is 0 Å². The van der Waals surface area contributed by atoms with E-state index in [1.54, 1.807) is 6.07 Å². The fraction of sp³-hybridized carbons (Fsp3) is 0.600. The minimum atomic E-state index is -0.162. The van der Waals surface area contributed by atoms with Gasteiger partial charge in [0.25, 0.3) is 0 Å². The van der Waals surface area contributed by atoms with Crippen molar-refractivity contribution >= 4 is 11.4 Å². The first kappa shape index (κ1) is 14.1. The zero-order valence-corrected chi connectivity index (χ0v) is 12.0. The average molecular weight is 265 g/mol. The van der Waals surface area contributed by atoms with Crippen molar-refractivity contribution in [3.63, 3.8) is 0 Å². The molecule has 0 aromatic heterocycles. The molecule has 2 rings (SSSR count). The molecule has 1 aliphatic rings. The summed E-state index contributed by atoms with van der Waals surface area (Å²) in [6, 6.07) is 6.11. The molecule has 3 nitrogen and oxygen atoms in total. The molecule has 1 fully saturated rings. The van der Waals surface area contributed by atoms with Crippen LogP contribution < -0.4 is 15.5 Å². The molecule has 1 aliphatic heterocycles. The van der Waals surface area contributed by atoms with Crippen molar-refractivity contribution in [2.24, 2.45) is 0 Å². The molecular formula is C15H24FN3. The molecule has 19 heavy (non-hydrogen) atoms. The maximum atomic E-state index is 14.1. The molecule has 106 valence electrons. The SMILES string of the molecule is CC(C)N(C)c1ccc(NC2CCCNC2)cc1F. The van der Waals surface area contributed by atoms with Crippen LogP contribution in [0.5, 0.6) is 0 Å². The summed E-state index contributed by atoms with van der Waals surface area (Å²) in [5, 5.41) is 6.75. The number of hydrogen-bond donors (Lipinski definition) is 2. The number of halogens is 1. The average Bonchev–Trinajstić information content (AvgIpc) is 2.39. The third-order valence-corrected chi connectivity index (χ3v) is 3.77. The van der Waals surface area contributed by atoms with E-state index in [2.05, 4.69) is 24.5 Å². The third kappa shape index (κ3) is 3.60. The van der Waals surface area contributed by atoms with Gasteiger partial charge in [-0.05, 0) is 51.4 Å². The number of benzene rings is 1. The summed E-state index contributed by atoms with van der Waals surface area (Å²) in [5.41, 5.74) is 1.52. The molecule has 2 N–H and O–H groups in total. The first-order chi connectivity index (χ1) is 9.08. The molecule has 1 saturated heterocycles. The number of hydrogen-bond acceptors (Lipinski definition) is 3. The second-order valence-corrected chi connectivity index (χ2v) is 5.56. The van der Waals surface area contributed by atoms with Crippen LogP contribution >= 0.6 is 0 Å². The number of rotatable bonds is 4. The monoisotopic (exact) mass is 265 g/mol. The molecule has 0 amide bonds. The Morgan fingerprint density at radius 2 is 2.21 bits per heavy atom. The number of piperidine rings is 1. The molecule has 0 aliphatic carbocycles. The highest BCUT2D eigenvalue weighted by molar-refractivity contribution is 5.56. The maximum Gasteiger partial charge on any atom is 0.148 e. The molecule has 1 unspecified atom stereocenters. The van der Waals surface area contributed by atoms with Crippen LogP contribution in [0.15, 0.2) is 18.2 Å². The third-order valence-electron chi connectivity index (χ3n) is 3.77. The van der Waals surface area contributed by atoms with Crippen LogP contribution in [0.3, 0.4) is 0 Å². The topological polar surface area (TPSA) is 27.3 Å². The Balaban J connectivity index is 2.05. The van der Waals surface area contributed by atoms with Gasteiger partial charge in [0.15, 0.2) is 0 Å². The predicted molar refractivity (Wildman–Crippen MR) is 79.5 cm³/mol. The molecular weight excluding hydrogens is 241 g/mol. The Kier molecular flexibility index (Phi) is 4.64. The van der Waals surface area contributed by atoms with Gasteiger partial charge in [0.05, 0.1) is 5.69 Å². The van der Waals surface area contributed by atoms with Crippen LogP contribution in [0.4, 0.5) is 15.8 Å². The quantitative estimate of drug-likeness (QED) is 0.876. The molecule has 1 aromatic rings. The molecule has 4 heteroatoms. The summed E-state index contributed by atoms with van der Waals surface area (Å²) < 4.78 is 14.1. The summed E-state index contributed by atoms with van der Waals surface area (Å²) in [6.45, 7) is 6.15. The summed E-state index contributed by atoms with van der Waals surface area (Å²) in [6.07, 6.45) is 2.32. The van der Waals surface area contributed by atoms with E-state index in [9.17, 15) is 4.39 Å². The summed E-state index contributed by atoms with van der Waals surface area (Å²) in [4.78, 5) is 1.95. The first-order valence-electron chi connectivity index (χ1n) is 7.07. The highest BCUT2D eigenvalue weighted by atomic mass is 19.1. The van der Waals surface area contributed by atoms with Gasteiger partial charge >= 0.3 is 0 Å². The van der Waals surface area contributed by atoms with Crippen molar-refractivity contribution in [3.05, 3.63) is 24.0 Å². The molecule has 1 atom stereocenters. The maximum absolute atomic E-state index is 14.1. The zero-order chi connectivity index (χ0) is 13.8. The Labute approximate surface area is 115 Å². The van der Waals surface area contributed by atoms with Gasteiger partial charge in [0.2, 0.25) is 0 Å². The van der Waals surface area contributed by atoms with Crippen molar-refractivity contribution < 1.29 is 4.39 Å². The lowest BCUT2D eigenvalue weighted by Gasteiger charge is -2.27. The van der Waals surface area contributed by atoms with E-state index in [0.717, 1.165) is 25.2 Å². The van der Waals surface area contributed by atoms with Gasteiger partial charge in [-0.25, -0.2) is 4.39 Å². The van der Waals surface area contributed by atoms with E-state index >= 15 is 0 Å². The lowest BCUT2D eigenvalue weighted by atomic mass is 10.1. The van der Waals surface area contributed by atoms with E-state index in [1.807, 2.05) is 24.1 Å². The Morgan fingerprint density at radius 3 is 2.79 bits per heavy atom. The summed E-state index contributed by atoms with van der Waals surface area (Å²) >= 11 is 0. The lowest BCUT2D eigenvalue weighted by Crippen LogP contribution is -2.38. The van der Waals surface area contributed by atoms with Crippen molar-refractivity contribution in [1.82, 2.24) is 5.32 Å². The number of nitrogens with one attached hydrogen (secondary N) is 2. The fourth-order valence-corrected chi connectivity index (χ4v) is 2.37. The number of nitrogens with zero attached hydrogens (tertiary/aromatic N) is 1. The van der Waals surface area contributed by atoms with E-state index in [1.165, 1.54) is 6.42 Å². The second-order valence-electron chi connectivity index (χ2n) is 5.56. The minimum absolute atomic E-state index is 0.162. The lowest BCUT2D eigenvalue weighted by molar-refractivity contribution is 0.479. The Bertz CT molecular complexity index is 414. The predicted octanol–water partition coefficient (Wildman–Crippen LogP) is 2.83. The van der Waals surface area contributed by atoms with Gasteiger partial charge in [-0.15, -0.1) is 0 Å². The van der Waals surface area contributed by atoms with Gasteiger partial charge < -0.3 is 15.5 Å². The van der Waals surface area contributed by atoms with Gasteiger partial charge in [0.1, 0.15) is 5.82 Å². The molecule has 0 spiro atoms. The smallest absolute Gasteiger partial charge is 0.148 e. The normalized spacial score (nSPS) is 19.5. The van der Waals surface area contributed by atoms with Crippen LogP contribution in [-0.2, 0) is 0 Å². The highest BCUT2D eigenvalue weighted by Gasteiger charge is 2.14. The van der Waals surface area contributed by atoms with Gasteiger partial charge in [-0.1, -0.05) is 0 Å². The van der Waals surface area contributed by atoms with Crippen molar-refractivity contribution in [2.45, 2.75) is 38.8 Å². The van der Waals surface area contributed by atoms with Gasteiger partial charge in [-0.3, -0.25) is 0 Å². The molecule has 0 saturated carbocycles. The van der Waals surface area contributed by atoms with Crippen molar-refractivity contribution in [2.75, 3.05) is 30.4 Å². The number of anilines is 2. The van der Waals surface area contributed by atoms with Gasteiger partial charge in [-0.2, -0.15) is 0 Å². The zero-order valence-electron chi connectivity index (χ0n) is 12.0. The van der Waals surface area contributed by atoms with Crippen LogP contribution in [-0.4, -0.2) is 32.2 Å². The van der Waals surface area contributed by atoms with Crippen LogP contribution in [0.25, 0.3) is 0 Å². The largest absolute Gasteiger partial charge is 0.381 e. The molecule has 1 aromatic carbocycles. The molecule has 1 heterocycles. The molecule has 0 bridgehead atoms. The summed E-state index contributed by atoms with van der Waals surface area (Å²) in [5.74, 6) is -0.162. The van der Waals surface area contributed by atoms with Crippen LogP contribution in [0, 0.1) is 5.82 Å². The Hall–Kier alpha value is -1.29. The van der Waals surface area contributed by atoms with Crippen LogP contribution in [0.2, 0.25) is 0 Å². The van der Waals surface area contributed by atoms with E-state index in [0.29, 0.717) is 11.7 Å². The Morgan fingerprint density at radius 1 is 1.42 bits per heavy atom. The standard InChI is InChI=1S/C15H24FN3/c1-11(2)19(3)15-7-6-12(9-14(15)16)18-13-5-4-8-17-10-13/h6-7,9,11,13,17-18H,4-5,8,10H2,1-3H3. The fourth-order valence-electron chi connectivity index (χ4n) is 2.37. The van der Waals surface area contributed by atoms with E-state index < -0.39 is 0 Å². The van der Waals surface area contributed by atoms with Crippen molar-refractivity contribution in [1.29, 1.82) is 0 Å². The van der Waals surface area contributed by atoms with Gasteiger partial charge in [0, 0.05) is 31.4 Å². The van der Waals surface area contributed by atoms with E-state index in [4.69, 9.17) is 0 Å². The second kappa shape index (κ2) is 6.24. The minimum Gasteiger partial charge on any atom is -0.381 e.